The van der Waals surface area contributed by atoms with Gasteiger partial charge in [0, 0.05) is 54.5 Å². The summed E-state index contributed by atoms with van der Waals surface area (Å²) in [5.74, 6) is 0. The van der Waals surface area contributed by atoms with Crippen LogP contribution in [0.3, 0.4) is 0 Å². The van der Waals surface area contributed by atoms with Gasteiger partial charge in [-0.05, 0) is 94.3 Å². The number of hydrogen-bond donors (Lipinski definition) is 0. The summed E-state index contributed by atoms with van der Waals surface area (Å²) >= 11 is 0. The molecule has 0 aliphatic carbocycles. The summed E-state index contributed by atoms with van der Waals surface area (Å²) in [6.07, 6.45) is 0. The van der Waals surface area contributed by atoms with Crippen LogP contribution in [0.2, 0.25) is 0 Å². The van der Waals surface area contributed by atoms with Crippen LogP contribution in [0.25, 0.3) is 136 Å². The zero-order chi connectivity index (χ0) is 46.2. The highest BCUT2D eigenvalue weighted by atomic mass is 15.0. The zero-order valence-electron chi connectivity index (χ0n) is 37.5. The van der Waals surface area contributed by atoms with Gasteiger partial charge in [0.05, 0.1) is 67.6 Å². The summed E-state index contributed by atoms with van der Waals surface area (Å²) in [5, 5.41) is 24.9. The van der Waals surface area contributed by atoms with Crippen molar-refractivity contribution in [3.05, 3.63) is 235 Å². The molecule has 0 saturated carbocycles. The monoisotopic (exact) mass is 888 g/mol. The molecule has 0 fully saturated rings. The van der Waals surface area contributed by atoms with E-state index < -0.39 is 0 Å². The molecule has 0 aliphatic heterocycles. The molecule has 0 saturated heterocycles. The Morgan fingerprint density at radius 1 is 0.343 bits per heavy atom. The Kier molecular flexibility index (Phi) is 7.82. The third kappa shape index (κ3) is 5.03. The number of hydrogen-bond acceptors (Lipinski definition) is 1. The highest BCUT2D eigenvalue weighted by Crippen LogP contribution is 2.48. The topological polar surface area (TPSA) is 47.9 Å². The van der Waals surface area contributed by atoms with Gasteiger partial charge < -0.3 is 18.3 Å². The van der Waals surface area contributed by atoms with E-state index >= 15 is 0 Å². The fourth-order valence-electron chi connectivity index (χ4n) is 12.0. The highest BCUT2D eigenvalue weighted by Gasteiger charge is 2.27. The highest BCUT2D eigenvalue weighted by molar-refractivity contribution is 6.32. The molecule has 15 aromatic rings. The normalized spacial score (nSPS) is 12.0. The second kappa shape index (κ2) is 14.3. The van der Waals surface area contributed by atoms with Crippen LogP contribution in [0.5, 0.6) is 0 Å². The lowest BCUT2D eigenvalue weighted by atomic mass is 10.0. The smallest absolute Gasteiger partial charge is 0.212 e. The molecule has 11 aromatic carbocycles. The number of rotatable bonds is 4. The van der Waals surface area contributed by atoms with Gasteiger partial charge in [-0.3, -0.25) is 0 Å². The van der Waals surface area contributed by atoms with Crippen LogP contribution in [0.4, 0.5) is 5.69 Å². The lowest BCUT2D eigenvalue weighted by Crippen LogP contribution is -2.02. The summed E-state index contributed by atoms with van der Waals surface area (Å²) in [6, 6.07) is 79.6. The molecule has 4 heterocycles. The molecule has 6 nitrogen and oxygen atoms in total. The van der Waals surface area contributed by atoms with Crippen molar-refractivity contribution in [3.63, 3.8) is 0 Å². The maximum absolute atomic E-state index is 11.6. The first-order chi connectivity index (χ1) is 34.7. The van der Waals surface area contributed by atoms with Gasteiger partial charge in [0.25, 0.3) is 0 Å². The average molecular weight is 889 g/mol. The van der Waals surface area contributed by atoms with Crippen LogP contribution in [-0.2, 0) is 0 Å². The molecule has 0 radical (unpaired) electrons. The fourth-order valence-corrected chi connectivity index (χ4v) is 12.0. The molecule has 322 valence electrons. The largest absolute Gasteiger partial charge is 0.318 e. The first kappa shape index (κ1) is 38.2. The zero-order valence-corrected chi connectivity index (χ0v) is 37.5. The van der Waals surface area contributed by atoms with E-state index in [1.54, 1.807) is 0 Å². The molecule has 0 N–H and O–H groups in total. The van der Waals surface area contributed by atoms with Gasteiger partial charge in [-0.1, -0.05) is 146 Å². The Morgan fingerprint density at radius 2 is 0.757 bits per heavy atom. The van der Waals surface area contributed by atoms with Crippen LogP contribution in [0.15, 0.2) is 218 Å². The van der Waals surface area contributed by atoms with Crippen LogP contribution in [0, 0.1) is 17.9 Å². The molecule has 15 rings (SSSR count). The summed E-state index contributed by atoms with van der Waals surface area (Å²) in [4.78, 5) is 4.41. The maximum Gasteiger partial charge on any atom is 0.212 e. The molecule has 0 unspecified atom stereocenters. The van der Waals surface area contributed by atoms with Gasteiger partial charge in [0.2, 0.25) is 5.69 Å². The molecule has 4 aromatic heterocycles. The number of aromatic nitrogens is 4. The Morgan fingerprint density at radius 3 is 1.24 bits per heavy atom. The van der Waals surface area contributed by atoms with Crippen molar-refractivity contribution in [2.24, 2.45) is 0 Å². The Hall–Kier alpha value is -9.88. The number of fused-ring (bicyclic) bond motifs is 18. The van der Waals surface area contributed by atoms with E-state index in [1.807, 2.05) is 24.3 Å². The van der Waals surface area contributed by atoms with Crippen molar-refractivity contribution in [1.82, 2.24) is 18.3 Å². The molecule has 0 atom stereocenters. The first-order valence-corrected chi connectivity index (χ1v) is 23.5. The van der Waals surface area contributed by atoms with Crippen molar-refractivity contribution in [2.75, 3.05) is 0 Å². The number of benzene rings is 11. The van der Waals surface area contributed by atoms with Gasteiger partial charge in [0.1, 0.15) is 6.07 Å². The summed E-state index contributed by atoms with van der Waals surface area (Å²) in [5.41, 5.74) is 12.6. The maximum atomic E-state index is 11.6. The second-order valence-corrected chi connectivity index (χ2v) is 18.2. The van der Waals surface area contributed by atoms with Crippen molar-refractivity contribution in [3.8, 4) is 28.8 Å². The third-order valence-electron chi connectivity index (χ3n) is 14.7. The van der Waals surface area contributed by atoms with Crippen LogP contribution in [0.1, 0.15) is 5.56 Å². The van der Waals surface area contributed by atoms with Crippen molar-refractivity contribution in [1.29, 1.82) is 5.26 Å². The molecule has 0 amide bonds. The van der Waals surface area contributed by atoms with Crippen LogP contribution in [-0.4, -0.2) is 18.3 Å². The van der Waals surface area contributed by atoms with Gasteiger partial charge in [0.15, 0.2) is 0 Å². The predicted octanol–water partition coefficient (Wildman–Crippen LogP) is 16.8. The van der Waals surface area contributed by atoms with Gasteiger partial charge in [-0.2, -0.15) is 5.26 Å². The third-order valence-corrected chi connectivity index (χ3v) is 14.7. The average Bonchev–Trinajstić information content (AvgIpc) is 4.16. The molecule has 0 spiro atoms. The molecular formula is C64H36N6. The minimum atomic E-state index is 0.444. The lowest BCUT2D eigenvalue weighted by Gasteiger charge is -2.17. The molecular weight excluding hydrogens is 853 g/mol. The quantitative estimate of drug-likeness (QED) is 0.162. The SMILES string of the molecule is [C-]#[N+]c1cc(-n2c3ccc4ccccc4c3c3ccc4c(c5ccccc5n4-c4ccccc4)c32)c(C#N)cc1-n1c2ccc3ccccc3c2c2ccc3c(c4ccccc4n3-c3ccccc3)c21. The van der Waals surface area contributed by atoms with Crippen molar-refractivity contribution < 1.29 is 0 Å². The van der Waals surface area contributed by atoms with E-state index in [-0.39, 0.29) is 0 Å². The van der Waals surface area contributed by atoms with Gasteiger partial charge >= 0.3 is 0 Å². The molecule has 0 bridgehead atoms. The summed E-state index contributed by atoms with van der Waals surface area (Å²) < 4.78 is 9.21. The number of nitriles is 1. The number of para-hydroxylation sites is 4. The van der Waals surface area contributed by atoms with E-state index in [4.69, 9.17) is 6.57 Å². The second-order valence-electron chi connectivity index (χ2n) is 18.2. The molecule has 70 heavy (non-hydrogen) atoms. The van der Waals surface area contributed by atoms with Crippen LogP contribution >= 0.6 is 0 Å². The Labute approximate surface area is 400 Å². The Balaban J connectivity index is 1.11. The van der Waals surface area contributed by atoms with Crippen molar-refractivity contribution in [2.45, 2.75) is 0 Å². The number of nitrogens with zero attached hydrogens (tertiary/aromatic N) is 6. The Bertz CT molecular complexity index is 4530. The molecule has 0 aliphatic rings. The van der Waals surface area contributed by atoms with Crippen LogP contribution < -0.4 is 0 Å². The molecule has 6 heteroatoms. The summed E-state index contributed by atoms with van der Waals surface area (Å²) in [6.45, 7) is 9.08. The minimum Gasteiger partial charge on any atom is -0.318 e. The van der Waals surface area contributed by atoms with E-state index in [0.717, 1.165) is 120 Å². The van der Waals surface area contributed by atoms with E-state index in [0.29, 0.717) is 22.6 Å². The lowest BCUT2D eigenvalue weighted by molar-refractivity contribution is 1.14. The fraction of sp³-hybridized carbons (Fsp3) is 0. The van der Waals surface area contributed by atoms with E-state index in [9.17, 15) is 5.26 Å². The van der Waals surface area contributed by atoms with E-state index in [2.05, 4.69) is 223 Å². The standard InChI is InChI=1S/C64H36N6/c1-66-50-37-57(69-53-32-28-39-16-8-10-22-44(39)59(53)48-30-34-55-61(63(48)69)46-24-12-14-26-51(46)67(55)42-18-4-2-5-19-42)41(38-65)36-58(50)70-54-33-29-40-17-9-11-23-45(40)60(54)49-31-35-56-62(64(49)70)47-25-13-15-27-52(47)68(56)43-20-6-3-7-21-43/h2-37H. The van der Waals surface area contributed by atoms with Crippen molar-refractivity contribution >= 4 is 114 Å². The van der Waals surface area contributed by atoms with E-state index in [1.165, 1.54) is 0 Å². The minimum absolute atomic E-state index is 0.444. The first-order valence-electron chi connectivity index (χ1n) is 23.5. The summed E-state index contributed by atoms with van der Waals surface area (Å²) in [7, 11) is 0. The predicted molar refractivity (Wildman–Crippen MR) is 290 cm³/mol. The van der Waals surface area contributed by atoms with Gasteiger partial charge in [-0.25, -0.2) is 4.85 Å². The van der Waals surface area contributed by atoms with Gasteiger partial charge in [-0.15, -0.1) is 0 Å².